The number of nitrogens with one attached hydrogen (secondary N) is 1. The van der Waals surface area contributed by atoms with Crippen LogP contribution in [0.2, 0.25) is 0 Å². The van der Waals surface area contributed by atoms with Crippen LogP contribution in [0.3, 0.4) is 0 Å². The highest BCUT2D eigenvalue weighted by Crippen LogP contribution is 2.23. The zero-order valence-electron chi connectivity index (χ0n) is 9.95. The molecule has 3 heteroatoms. The van der Waals surface area contributed by atoms with Crippen molar-refractivity contribution in [2.24, 2.45) is 5.92 Å². The Morgan fingerprint density at radius 1 is 1.40 bits per heavy atom. The van der Waals surface area contributed by atoms with Gasteiger partial charge in [-0.2, -0.15) is 11.8 Å². The first-order valence-corrected chi connectivity index (χ1v) is 6.42. The van der Waals surface area contributed by atoms with E-state index >= 15 is 0 Å². The molecule has 0 bridgehead atoms. The molecule has 0 radical (unpaired) electrons. The fourth-order valence-electron chi connectivity index (χ4n) is 1.12. The molecule has 0 aromatic carbocycles. The molecular weight excluding hydrogens is 204 g/mol. The van der Waals surface area contributed by atoms with Gasteiger partial charge < -0.3 is 5.32 Å². The van der Waals surface area contributed by atoms with Crippen molar-refractivity contribution in [1.82, 2.24) is 4.98 Å². The van der Waals surface area contributed by atoms with Crippen molar-refractivity contribution in [2.75, 3.05) is 12.4 Å². The van der Waals surface area contributed by atoms with Crippen molar-refractivity contribution in [3.8, 4) is 0 Å². The van der Waals surface area contributed by atoms with Gasteiger partial charge in [-0.15, -0.1) is 0 Å². The van der Waals surface area contributed by atoms with Crippen molar-refractivity contribution in [3.05, 3.63) is 24.0 Å². The highest BCUT2D eigenvalue weighted by Gasteiger charge is 2.07. The fraction of sp³-hybridized carbons (Fsp3) is 0.583. The number of nitrogens with zero attached hydrogens (tertiary/aromatic N) is 1. The quantitative estimate of drug-likeness (QED) is 0.829. The van der Waals surface area contributed by atoms with E-state index in [0.29, 0.717) is 5.25 Å². The summed E-state index contributed by atoms with van der Waals surface area (Å²) < 4.78 is 0. The van der Waals surface area contributed by atoms with Crippen molar-refractivity contribution < 1.29 is 0 Å². The van der Waals surface area contributed by atoms with Crippen LogP contribution >= 0.6 is 11.8 Å². The fourth-order valence-corrected chi connectivity index (χ4v) is 2.10. The van der Waals surface area contributed by atoms with Gasteiger partial charge in [0.1, 0.15) is 0 Å². The van der Waals surface area contributed by atoms with Crippen molar-refractivity contribution >= 4 is 17.4 Å². The Bertz CT molecular complexity index is 299. The normalized spacial score (nSPS) is 12.9. The van der Waals surface area contributed by atoms with Gasteiger partial charge >= 0.3 is 0 Å². The molecule has 0 fully saturated rings. The van der Waals surface area contributed by atoms with Crippen LogP contribution in [0.5, 0.6) is 0 Å². The molecule has 1 aromatic heterocycles. The van der Waals surface area contributed by atoms with Crippen LogP contribution in [-0.2, 0) is 5.75 Å². The number of hydrogen-bond acceptors (Lipinski definition) is 3. The lowest BCUT2D eigenvalue weighted by Gasteiger charge is -2.14. The van der Waals surface area contributed by atoms with Crippen LogP contribution in [0, 0.1) is 5.92 Å². The van der Waals surface area contributed by atoms with Gasteiger partial charge in [0.15, 0.2) is 0 Å². The zero-order valence-corrected chi connectivity index (χ0v) is 10.8. The second-order valence-electron chi connectivity index (χ2n) is 4.05. The topological polar surface area (TPSA) is 24.9 Å². The molecule has 0 aliphatic heterocycles. The minimum absolute atomic E-state index is 0.685. The maximum atomic E-state index is 4.36. The lowest BCUT2D eigenvalue weighted by Crippen LogP contribution is -2.06. The Morgan fingerprint density at radius 3 is 2.73 bits per heavy atom. The smallest absolute Gasteiger partial charge is 0.0523 e. The van der Waals surface area contributed by atoms with E-state index in [1.807, 2.05) is 31.1 Å². The maximum Gasteiger partial charge on any atom is 0.0523 e. The van der Waals surface area contributed by atoms with Crippen molar-refractivity contribution in [1.29, 1.82) is 0 Å². The van der Waals surface area contributed by atoms with Gasteiger partial charge in [-0.1, -0.05) is 20.8 Å². The first kappa shape index (κ1) is 12.4. The lowest BCUT2D eigenvalue weighted by atomic mass is 10.2. The Kier molecular flexibility index (Phi) is 4.95. The van der Waals surface area contributed by atoms with E-state index in [2.05, 4.69) is 37.1 Å². The molecule has 1 heterocycles. The van der Waals surface area contributed by atoms with Crippen LogP contribution in [0.1, 0.15) is 26.5 Å². The Labute approximate surface area is 96.9 Å². The third-order valence-electron chi connectivity index (χ3n) is 2.54. The molecule has 0 aliphatic rings. The monoisotopic (exact) mass is 224 g/mol. The van der Waals surface area contributed by atoms with Gasteiger partial charge in [-0.25, -0.2) is 0 Å². The van der Waals surface area contributed by atoms with Crippen LogP contribution < -0.4 is 5.32 Å². The average Bonchev–Trinajstić information content (AvgIpc) is 2.26. The summed E-state index contributed by atoms with van der Waals surface area (Å²) >= 11 is 1.97. The van der Waals surface area contributed by atoms with E-state index in [4.69, 9.17) is 0 Å². The summed E-state index contributed by atoms with van der Waals surface area (Å²) in [5.41, 5.74) is 2.29. The second-order valence-corrected chi connectivity index (χ2v) is 5.41. The Hall–Kier alpha value is -0.700. The third kappa shape index (κ3) is 4.12. The lowest BCUT2D eigenvalue weighted by molar-refractivity contribution is 0.642. The predicted molar refractivity (Wildman–Crippen MR) is 69.4 cm³/mol. The minimum Gasteiger partial charge on any atom is -0.388 e. The molecule has 1 atom stereocenters. The highest BCUT2D eigenvalue weighted by atomic mass is 32.2. The standard InChI is InChI=1S/C12H20N2S/c1-9(2)10(3)15-8-12-7-11(13-4)5-6-14-12/h5-7,9-10H,8H2,1-4H3,(H,13,14). The van der Waals surface area contributed by atoms with Gasteiger partial charge in [-0.3, -0.25) is 4.98 Å². The summed E-state index contributed by atoms with van der Waals surface area (Å²) in [5, 5.41) is 3.81. The number of anilines is 1. The van der Waals surface area contributed by atoms with E-state index in [-0.39, 0.29) is 0 Å². The summed E-state index contributed by atoms with van der Waals surface area (Å²) in [4.78, 5) is 4.36. The molecule has 84 valence electrons. The second kappa shape index (κ2) is 6.01. The number of rotatable bonds is 5. The number of thioether (sulfide) groups is 1. The molecule has 1 unspecified atom stereocenters. The summed E-state index contributed by atoms with van der Waals surface area (Å²) in [6, 6.07) is 4.10. The van der Waals surface area contributed by atoms with Gasteiger partial charge in [0.05, 0.1) is 5.69 Å². The van der Waals surface area contributed by atoms with Crippen molar-refractivity contribution in [2.45, 2.75) is 31.8 Å². The van der Waals surface area contributed by atoms with Gasteiger partial charge in [-0.05, 0) is 18.1 Å². The molecule has 2 nitrogen and oxygen atoms in total. The van der Waals surface area contributed by atoms with Crippen LogP contribution in [0.15, 0.2) is 18.3 Å². The molecule has 15 heavy (non-hydrogen) atoms. The van der Waals surface area contributed by atoms with Gasteiger partial charge in [0.2, 0.25) is 0 Å². The Morgan fingerprint density at radius 2 is 2.13 bits per heavy atom. The van der Waals surface area contributed by atoms with Crippen LogP contribution in [-0.4, -0.2) is 17.3 Å². The van der Waals surface area contributed by atoms with Gasteiger partial charge in [0, 0.05) is 29.9 Å². The van der Waals surface area contributed by atoms with Crippen LogP contribution in [0.4, 0.5) is 5.69 Å². The largest absolute Gasteiger partial charge is 0.388 e. The molecule has 1 rings (SSSR count). The number of pyridine rings is 1. The zero-order chi connectivity index (χ0) is 11.3. The third-order valence-corrected chi connectivity index (χ3v) is 4.07. The minimum atomic E-state index is 0.685. The predicted octanol–water partition coefficient (Wildman–Crippen LogP) is 3.40. The summed E-state index contributed by atoms with van der Waals surface area (Å²) in [5.74, 6) is 1.72. The SMILES string of the molecule is CNc1ccnc(CSC(C)C(C)C)c1. The van der Waals surface area contributed by atoms with E-state index in [1.165, 1.54) is 0 Å². The summed E-state index contributed by atoms with van der Waals surface area (Å²) in [6.45, 7) is 6.79. The van der Waals surface area contributed by atoms with Crippen molar-refractivity contribution in [3.63, 3.8) is 0 Å². The first-order valence-electron chi connectivity index (χ1n) is 5.37. The molecule has 0 spiro atoms. The average molecular weight is 224 g/mol. The molecular formula is C12H20N2S. The molecule has 0 aliphatic carbocycles. The maximum absolute atomic E-state index is 4.36. The molecule has 1 aromatic rings. The molecule has 0 amide bonds. The Balaban J connectivity index is 2.50. The van der Waals surface area contributed by atoms with Gasteiger partial charge in [0.25, 0.3) is 0 Å². The van der Waals surface area contributed by atoms with E-state index in [0.717, 1.165) is 23.1 Å². The van der Waals surface area contributed by atoms with E-state index < -0.39 is 0 Å². The molecule has 0 saturated heterocycles. The van der Waals surface area contributed by atoms with Crippen LogP contribution in [0.25, 0.3) is 0 Å². The number of hydrogen-bond donors (Lipinski definition) is 1. The number of aromatic nitrogens is 1. The first-order chi connectivity index (χ1) is 7.13. The van der Waals surface area contributed by atoms with E-state index in [9.17, 15) is 0 Å². The highest BCUT2D eigenvalue weighted by molar-refractivity contribution is 7.99. The molecule has 1 N–H and O–H groups in total. The van der Waals surface area contributed by atoms with E-state index in [1.54, 1.807) is 0 Å². The molecule has 0 saturated carbocycles. The summed E-state index contributed by atoms with van der Waals surface area (Å²) in [6.07, 6.45) is 1.86. The summed E-state index contributed by atoms with van der Waals surface area (Å²) in [7, 11) is 1.93.